The van der Waals surface area contributed by atoms with Crippen molar-refractivity contribution in [1.29, 1.82) is 0 Å². The Morgan fingerprint density at radius 1 is 0.809 bits per heavy atom. The van der Waals surface area contributed by atoms with E-state index in [1.165, 1.54) is 17.0 Å². The van der Waals surface area contributed by atoms with Gasteiger partial charge in [0.25, 0.3) is 10.0 Å². The van der Waals surface area contributed by atoms with Crippen LogP contribution in [0.3, 0.4) is 0 Å². The van der Waals surface area contributed by atoms with Gasteiger partial charge in [-0.3, -0.25) is 13.9 Å². The van der Waals surface area contributed by atoms with Crippen LogP contribution in [0, 0.1) is 19.7 Å². The molecule has 4 aromatic carbocycles. The van der Waals surface area contributed by atoms with Gasteiger partial charge < -0.3 is 10.2 Å². The third-order valence-corrected chi connectivity index (χ3v) is 10.4. The molecule has 246 valence electrons. The smallest absolute Gasteiger partial charge is 0.264 e. The molecule has 1 saturated carbocycles. The molecule has 2 amide bonds. The van der Waals surface area contributed by atoms with Gasteiger partial charge in [0.05, 0.1) is 10.6 Å². The predicted molar refractivity (Wildman–Crippen MR) is 183 cm³/mol. The van der Waals surface area contributed by atoms with Crippen LogP contribution < -0.4 is 9.62 Å². The van der Waals surface area contributed by atoms with Gasteiger partial charge in [0, 0.05) is 19.0 Å². The Morgan fingerprint density at radius 2 is 1.47 bits per heavy atom. The molecular weight excluding hydrogens is 614 g/mol. The average Bonchev–Trinajstić information content (AvgIpc) is 3.06. The fraction of sp³-hybridized carbons (Fsp3) is 0.316. The number of hydrogen-bond donors (Lipinski definition) is 1. The number of nitrogens with one attached hydrogen (secondary N) is 1. The van der Waals surface area contributed by atoms with Crippen molar-refractivity contribution in [3.05, 3.63) is 131 Å². The summed E-state index contributed by atoms with van der Waals surface area (Å²) in [6, 6.07) is 27.8. The molecule has 1 aliphatic rings. The Bertz CT molecular complexity index is 1760. The van der Waals surface area contributed by atoms with E-state index in [2.05, 4.69) is 5.32 Å². The first-order valence-electron chi connectivity index (χ1n) is 16.1. The molecule has 0 heterocycles. The molecule has 1 atom stereocenters. The molecular formula is C38H42FN3O4S. The fourth-order valence-electron chi connectivity index (χ4n) is 6.08. The molecule has 0 unspecified atom stereocenters. The summed E-state index contributed by atoms with van der Waals surface area (Å²) in [5.74, 6) is -1.36. The van der Waals surface area contributed by atoms with Gasteiger partial charge in [0.2, 0.25) is 11.8 Å². The number of carbonyl (C=O) groups excluding carboxylic acids is 2. The zero-order valence-corrected chi connectivity index (χ0v) is 27.8. The molecule has 1 N–H and O–H groups in total. The van der Waals surface area contributed by atoms with Crippen LogP contribution in [0.1, 0.15) is 54.4 Å². The Labute approximate surface area is 277 Å². The lowest BCUT2D eigenvalue weighted by Gasteiger charge is -2.35. The highest BCUT2D eigenvalue weighted by atomic mass is 32.2. The number of benzene rings is 4. The maximum Gasteiger partial charge on any atom is 0.264 e. The Morgan fingerprint density at radius 3 is 2.13 bits per heavy atom. The Kier molecular flexibility index (Phi) is 11.1. The maximum absolute atomic E-state index is 14.6. The van der Waals surface area contributed by atoms with Crippen molar-refractivity contribution in [3.8, 4) is 0 Å². The second-order valence-electron chi connectivity index (χ2n) is 12.4. The van der Waals surface area contributed by atoms with Crippen LogP contribution >= 0.6 is 0 Å². The summed E-state index contributed by atoms with van der Waals surface area (Å²) in [5.41, 5.74) is 3.91. The molecule has 0 aliphatic heterocycles. The molecule has 0 aromatic heterocycles. The average molecular weight is 656 g/mol. The van der Waals surface area contributed by atoms with E-state index in [4.69, 9.17) is 0 Å². The first-order valence-corrected chi connectivity index (χ1v) is 17.6. The number of carbonyl (C=O) groups is 2. The third kappa shape index (κ3) is 8.86. The van der Waals surface area contributed by atoms with Crippen LogP contribution in [0.2, 0.25) is 0 Å². The van der Waals surface area contributed by atoms with E-state index < -0.39 is 34.3 Å². The second-order valence-corrected chi connectivity index (χ2v) is 14.2. The molecule has 1 aliphatic carbocycles. The van der Waals surface area contributed by atoms with Crippen molar-refractivity contribution in [2.75, 3.05) is 10.8 Å². The highest BCUT2D eigenvalue weighted by molar-refractivity contribution is 7.92. The summed E-state index contributed by atoms with van der Waals surface area (Å²) in [6.45, 7) is 3.39. The van der Waals surface area contributed by atoms with E-state index in [1.807, 2.05) is 68.4 Å². The lowest BCUT2D eigenvalue weighted by atomic mass is 9.94. The van der Waals surface area contributed by atoms with Crippen LogP contribution in [0.15, 0.2) is 108 Å². The summed E-state index contributed by atoms with van der Waals surface area (Å²) in [5, 5.41) is 3.22. The van der Waals surface area contributed by atoms with Gasteiger partial charge >= 0.3 is 0 Å². The van der Waals surface area contributed by atoms with Crippen molar-refractivity contribution in [2.24, 2.45) is 0 Å². The standard InChI is InChI=1S/C38H42FN3O4S/c1-28-16-20-34(21-17-28)42(47(45,46)35-22-18-32(39)19-23-35)27-37(43)41(26-31-13-9-10-29(2)24-31)36(25-30-11-5-3-6-12-30)38(44)40-33-14-7-4-8-15-33/h3,5-6,9-13,16-24,33,36H,4,7-8,14-15,25-27H2,1-2H3,(H,40,44)/t36-/m1/s1. The maximum atomic E-state index is 14.6. The molecule has 9 heteroatoms. The van der Waals surface area contributed by atoms with E-state index in [0.29, 0.717) is 0 Å². The largest absolute Gasteiger partial charge is 0.352 e. The molecule has 47 heavy (non-hydrogen) atoms. The molecule has 0 bridgehead atoms. The third-order valence-electron chi connectivity index (χ3n) is 8.66. The lowest BCUT2D eigenvalue weighted by Crippen LogP contribution is -2.55. The number of anilines is 1. The van der Waals surface area contributed by atoms with Crippen molar-refractivity contribution < 1.29 is 22.4 Å². The van der Waals surface area contributed by atoms with Crippen LogP contribution in [0.25, 0.3) is 0 Å². The van der Waals surface area contributed by atoms with Gasteiger partial charge in [-0.2, -0.15) is 0 Å². The first kappa shape index (κ1) is 33.9. The molecule has 5 rings (SSSR count). The van der Waals surface area contributed by atoms with Crippen LogP contribution in [-0.2, 0) is 32.6 Å². The molecule has 1 fully saturated rings. The minimum Gasteiger partial charge on any atom is -0.352 e. The monoisotopic (exact) mass is 655 g/mol. The van der Waals surface area contributed by atoms with Gasteiger partial charge in [-0.25, -0.2) is 12.8 Å². The number of nitrogens with zero attached hydrogens (tertiary/aromatic N) is 2. The van der Waals surface area contributed by atoms with Crippen molar-refractivity contribution in [2.45, 2.75) is 75.9 Å². The number of hydrogen-bond acceptors (Lipinski definition) is 4. The number of halogens is 1. The van der Waals surface area contributed by atoms with Gasteiger partial charge in [-0.05, 0) is 74.2 Å². The normalized spacial score (nSPS) is 14.3. The fourth-order valence-corrected chi connectivity index (χ4v) is 7.49. The minimum atomic E-state index is -4.30. The quantitative estimate of drug-likeness (QED) is 0.184. The first-order chi connectivity index (χ1) is 22.6. The summed E-state index contributed by atoms with van der Waals surface area (Å²) < 4.78 is 43.0. The number of sulfonamides is 1. The summed E-state index contributed by atoms with van der Waals surface area (Å²) in [7, 11) is -4.30. The molecule has 4 aromatic rings. The second kappa shape index (κ2) is 15.4. The van der Waals surface area contributed by atoms with Gasteiger partial charge in [0.15, 0.2) is 0 Å². The molecule has 0 saturated heterocycles. The Hall–Kier alpha value is -4.50. The van der Waals surface area contributed by atoms with Gasteiger partial charge in [0.1, 0.15) is 18.4 Å². The SMILES string of the molecule is Cc1ccc(N(CC(=O)N(Cc2cccc(C)c2)[C@H](Cc2ccccc2)C(=O)NC2CCCCC2)S(=O)(=O)c2ccc(F)cc2)cc1. The van der Waals surface area contributed by atoms with Gasteiger partial charge in [-0.15, -0.1) is 0 Å². The molecule has 0 radical (unpaired) electrons. The molecule has 0 spiro atoms. The summed E-state index contributed by atoms with van der Waals surface area (Å²) in [4.78, 5) is 30.2. The van der Waals surface area contributed by atoms with Crippen LogP contribution in [0.4, 0.5) is 10.1 Å². The number of amides is 2. The van der Waals surface area contributed by atoms with E-state index in [-0.39, 0.29) is 35.5 Å². The van der Waals surface area contributed by atoms with E-state index >= 15 is 0 Å². The Balaban J connectivity index is 1.56. The highest BCUT2D eigenvalue weighted by Crippen LogP contribution is 2.26. The zero-order valence-electron chi connectivity index (χ0n) is 26.9. The van der Waals surface area contributed by atoms with E-state index in [1.54, 1.807) is 24.3 Å². The topological polar surface area (TPSA) is 86.8 Å². The zero-order chi connectivity index (χ0) is 33.4. The highest BCUT2D eigenvalue weighted by Gasteiger charge is 2.35. The molecule has 7 nitrogen and oxygen atoms in total. The lowest BCUT2D eigenvalue weighted by molar-refractivity contribution is -0.140. The minimum absolute atomic E-state index is 0.0216. The summed E-state index contributed by atoms with van der Waals surface area (Å²) in [6.07, 6.45) is 5.22. The van der Waals surface area contributed by atoms with E-state index in [9.17, 15) is 22.4 Å². The van der Waals surface area contributed by atoms with Crippen LogP contribution in [0.5, 0.6) is 0 Å². The number of rotatable bonds is 12. The summed E-state index contributed by atoms with van der Waals surface area (Å²) >= 11 is 0. The van der Waals surface area contributed by atoms with E-state index in [0.717, 1.165) is 70.8 Å². The number of aryl methyl sites for hydroxylation is 2. The predicted octanol–water partition coefficient (Wildman–Crippen LogP) is 6.73. The van der Waals surface area contributed by atoms with Crippen molar-refractivity contribution >= 4 is 27.5 Å². The van der Waals surface area contributed by atoms with Crippen LogP contribution in [-0.4, -0.2) is 43.8 Å². The van der Waals surface area contributed by atoms with Gasteiger partial charge in [-0.1, -0.05) is 97.1 Å². The van der Waals surface area contributed by atoms with Crippen molar-refractivity contribution in [3.63, 3.8) is 0 Å². The van der Waals surface area contributed by atoms with Crippen molar-refractivity contribution in [1.82, 2.24) is 10.2 Å².